The average Bonchev–Trinajstić information content (AvgIpc) is 1.74. The molecule has 0 saturated carbocycles. The van der Waals surface area contributed by atoms with E-state index in [2.05, 4.69) is 70.5 Å². The molecular weight excluding hydrogens is 1390 g/mol. The van der Waals surface area contributed by atoms with Crippen LogP contribution in [0.1, 0.15) is 97.8 Å². The normalized spacial score (nSPS) is 20.7. The number of hydrogen-bond donors (Lipinski definition) is 3. The molecule has 2 saturated heterocycles. The number of fused-ring (bicyclic) bond motifs is 2. The second kappa shape index (κ2) is 31.0. The van der Waals surface area contributed by atoms with Gasteiger partial charge in [-0.05, 0) is 113 Å². The van der Waals surface area contributed by atoms with Gasteiger partial charge in [0.15, 0.2) is 63.1 Å². The van der Waals surface area contributed by atoms with Gasteiger partial charge in [-0.1, -0.05) is 133 Å². The minimum atomic E-state index is -4.33. The fourth-order valence-corrected chi connectivity index (χ4v) is 16.7. The highest BCUT2D eigenvalue weighted by Gasteiger charge is 2.57. The van der Waals surface area contributed by atoms with Crippen molar-refractivity contribution in [2.45, 2.75) is 139 Å². The number of nitrogens with one attached hydrogen (secondary N) is 2. The summed E-state index contributed by atoms with van der Waals surface area (Å²) in [4.78, 5) is 65.9. The van der Waals surface area contributed by atoms with Gasteiger partial charge in [-0.3, -0.25) is 27.8 Å². The smallest absolute Gasteiger partial charge is 0.327 e. The van der Waals surface area contributed by atoms with Gasteiger partial charge in [0.1, 0.15) is 66.4 Å². The maximum Gasteiger partial charge on any atom is 0.327 e. The third-order valence-electron chi connectivity index (χ3n) is 18.8. The summed E-state index contributed by atoms with van der Waals surface area (Å²) < 4.78 is 91.8. The fraction of sp³-hybridized carbons (Fsp3) is 0.386. The lowest BCUT2D eigenvalue weighted by molar-refractivity contribution is -0.0938. The molecule has 0 bridgehead atoms. The lowest BCUT2D eigenvalue weighted by Gasteiger charge is -2.41. The van der Waals surface area contributed by atoms with Crippen LogP contribution in [-0.2, 0) is 63.1 Å². The number of methoxy groups -OCH3 is 2. The topological polar surface area (TPSA) is 308 Å². The van der Waals surface area contributed by atoms with E-state index in [0.29, 0.717) is 33.8 Å². The highest BCUT2D eigenvalue weighted by atomic mass is 32.5. The maximum absolute atomic E-state index is 13.8. The molecule has 9 aromatic rings. The van der Waals surface area contributed by atoms with Crippen molar-refractivity contribution in [2.75, 3.05) is 44.7 Å². The highest BCUT2D eigenvalue weighted by molar-refractivity contribution is 8.07. The number of anilines is 2. The average molecular weight is 1470 g/mol. The summed E-state index contributed by atoms with van der Waals surface area (Å²) >= 11 is 6.60. The zero-order valence-electron chi connectivity index (χ0n) is 58.1. The Balaban J connectivity index is 1.03. The number of nitriles is 1. The van der Waals surface area contributed by atoms with Crippen LogP contribution in [0.25, 0.3) is 22.3 Å². The Kier molecular flexibility index (Phi) is 22.8. The van der Waals surface area contributed by atoms with Crippen LogP contribution < -0.4 is 20.1 Å². The van der Waals surface area contributed by atoms with Crippen LogP contribution in [-0.4, -0.2) is 143 Å². The van der Waals surface area contributed by atoms with E-state index in [0.717, 1.165) is 5.56 Å². The van der Waals surface area contributed by atoms with E-state index in [9.17, 15) is 24.3 Å². The number of carbonyl (C=O) groups is 2. The fourth-order valence-electron chi connectivity index (χ4n) is 11.5. The number of nitrogens with zero attached hydrogens (tertiary/aromatic N) is 9. The molecule has 101 heavy (non-hydrogen) atoms. The van der Waals surface area contributed by atoms with Crippen LogP contribution in [0, 0.1) is 11.3 Å². The molecule has 2 aliphatic heterocycles. The Labute approximate surface area is 593 Å². The highest BCUT2D eigenvalue weighted by Crippen LogP contribution is 2.57. The first kappa shape index (κ1) is 74.3. The van der Waals surface area contributed by atoms with Crippen molar-refractivity contribution in [1.82, 2.24) is 39.0 Å². The molecule has 0 spiro atoms. The number of rotatable bonds is 28. The molecule has 4 aromatic heterocycles. The van der Waals surface area contributed by atoms with E-state index in [1.165, 1.54) is 25.3 Å². The number of amides is 2. The largest absolute Gasteiger partial charge is 0.497 e. The van der Waals surface area contributed by atoms with Crippen LogP contribution >= 0.6 is 15.0 Å². The van der Waals surface area contributed by atoms with E-state index in [1.54, 1.807) is 78.0 Å². The van der Waals surface area contributed by atoms with Gasteiger partial charge >= 0.3 is 15.0 Å². The molecule has 26 nitrogen and oxygen atoms in total. The quantitative estimate of drug-likeness (QED) is 0.0178. The van der Waals surface area contributed by atoms with Crippen molar-refractivity contribution in [1.29, 1.82) is 5.26 Å². The molecule has 31 heteroatoms. The Hall–Kier alpha value is -7.86. The summed E-state index contributed by atoms with van der Waals surface area (Å²) in [7, 11) is -6.47. The third-order valence-corrected chi connectivity index (χ3v) is 30.6. The second-order valence-electron chi connectivity index (χ2n) is 27.3. The predicted octanol–water partition coefficient (Wildman–Crippen LogP) is 13.1. The van der Waals surface area contributed by atoms with Crippen LogP contribution in [0.5, 0.6) is 11.5 Å². The monoisotopic (exact) mass is 1470 g/mol. The van der Waals surface area contributed by atoms with Crippen LogP contribution in [0.2, 0.25) is 36.3 Å². The SMILES string of the molecule is COc1ccc(C(OC[C@@H]2O[C@H](n3cnc4c(NC(=O)c5ccccc5)ncnc43)[C@@H](O[Si](C)(C)C(C)(C)C)[C@H]2OP(=S)(OCCC#N)OC[C@@H]2O[C@H](n3cnc4c(NC(=O)c5ccccc5)ncnc43)[C@@H](O[Si](C)(C)C(C)(C)C)[C@H]2O[PH](=O)O)(c2ccccc2)c2ccc(OC)cc2)cc1. The molecule has 3 N–H and O–H groups in total. The molecule has 532 valence electrons. The zero-order chi connectivity index (χ0) is 72.1. The molecule has 2 fully saturated rings. The standard InChI is InChI=1S/C70H83N11O15P2SSi2/c1-68(2,3)100(9,10)95-58-56(93-97(84)85)53(92-66(58)80-43-76-54-60(72-41-74-62(54)80)78-64(82)45-23-16-13-17-24-45)40-90-98(99,89-38-22-37-71)94-57-52(39-88-70(47-27-20-15-21-28-47,48-29-33-50(86-7)34-30-48)49-31-35-51(87-8)36-32-49)91-67(59(57)96-101(11,12)69(4,5)6)81-44-77-55-61(73-42-75-63(55)81)79-65(83)46-25-18-14-19-26-46/h13-21,23-36,41-44,52-53,56-59,66-67,97H,22,38-40H2,1-12H3,(H,84,85)(H,72,74,78,82)(H,73,75,79,83)/t52-,53-,56-,57-,58-,59-,66-,67-,98?/m0/s1. The van der Waals surface area contributed by atoms with Gasteiger partial charge in [0.25, 0.3) is 11.8 Å². The molecule has 2 unspecified atom stereocenters. The molecule has 0 radical (unpaired) electrons. The van der Waals surface area contributed by atoms with Gasteiger partial charge in [0.2, 0.25) is 0 Å². The predicted molar refractivity (Wildman–Crippen MR) is 387 cm³/mol. The number of benzene rings is 5. The first-order valence-corrected chi connectivity index (χ1v) is 42.4. The zero-order valence-corrected chi connectivity index (χ0v) is 62.8. The van der Waals surface area contributed by atoms with Gasteiger partial charge in [-0.25, -0.2) is 29.9 Å². The number of imidazole rings is 2. The molecule has 2 amide bonds. The first-order valence-electron chi connectivity index (χ1n) is 32.7. The lowest BCUT2D eigenvalue weighted by atomic mass is 9.80. The van der Waals surface area contributed by atoms with Crippen molar-refractivity contribution in [3.05, 3.63) is 193 Å². The van der Waals surface area contributed by atoms with Gasteiger partial charge in [-0.2, -0.15) is 5.26 Å². The summed E-state index contributed by atoms with van der Waals surface area (Å²) in [5.74, 6) is 0.598. The van der Waals surface area contributed by atoms with E-state index in [-0.39, 0.29) is 53.6 Å². The first-order chi connectivity index (χ1) is 48.2. The van der Waals surface area contributed by atoms with Crippen molar-refractivity contribution in [3.8, 4) is 17.6 Å². The Morgan fingerprint density at radius 2 is 1.03 bits per heavy atom. The minimum Gasteiger partial charge on any atom is -0.497 e. The molecule has 6 heterocycles. The van der Waals surface area contributed by atoms with Crippen LogP contribution in [0.3, 0.4) is 0 Å². The summed E-state index contributed by atoms with van der Waals surface area (Å²) in [6.07, 6.45) is -4.28. The molecular formula is C70H83N11O15P2SSi2. The van der Waals surface area contributed by atoms with E-state index < -0.39 is 115 Å². The summed E-state index contributed by atoms with van der Waals surface area (Å²) in [6.45, 7) is 15.3. The summed E-state index contributed by atoms with van der Waals surface area (Å²) in [5.41, 5.74) is 2.46. The second-order valence-corrected chi connectivity index (χ2v) is 40.5. The van der Waals surface area contributed by atoms with E-state index >= 15 is 0 Å². The van der Waals surface area contributed by atoms with Gasteiger partial charge in [0, 0.05) is 11.1 Å². The summed E-state index contributed by atoms with van der Waals surface area (Å²) in [5, 5.41) is 15.0. The van der Waals surface area contributed by atoms with Crippen molar-refractivity contribution >= 4 is 89.2 Å². The van der Waals surface area contributed by atoms with Gasteiger partial charge in [-0.15, -0.1) is 0 Å². The van der Waals surface area contributed by atoms with E-state index in [1.807, 2.05) is 119 Å². The summed E-state index contributed by atoms with van der Waals surface area (Å²) in [6, 6.07) is 44.3. The number of carbonyl (C=O) groups excluding carboxylic acids is 2. The molecule has 5 aromatic carbocycles. The third kappa shape index (κ3) is 16.2. The van der Waals surface area contributed by atoms with Gasteiger partial charge in [0.05, 0.1) is 59.2 Å². The Morgan fingerprint density at radius 3 is 1.46 bits per heavy atom. The minimum absolute atomic E-state index is 0.111. The number of ether oxygens (including phenoxy) is 5. The lowest BCUT2D eigenvalue weighted by Crippen LogP contribution is -2.49. The number of aromatic nitrogens is 8. The number of hydrogen-bond acceptors (Lipinski definition) is 22. The molecule has 0 aliphatic carbocycles. The molecule has 10 atom stereocenters. The molecule has 11 rings (SSSR count). The maximum atomic E-state index is 13.8. The van der Waals surface area contributed by atoms with Crippen molar-refractivity contribution in [3.63, 3.8) is 0 Å². The van der Waals surface area contributed by atoms with Crippen LogP contribution in [0.4, 0.5) is 11.6 Å². The van der Waals surface area contributed by atoms with Gasteiger partial charge < -0.3 is 61.6 Å². The van der Waals surface area contributed by atoms with Crippen LogP contribution in [0.15, 0.2) is 165 Å². The Morgan fingerprint density at radius 1 is 0.604 bits per heavy atom. The Bertz CT molecular complexity index is 4430. The van der Waals surface area contributed by atoms with E-state index in [4.69, 9.17) is 72.4 Å². The van der Waals surface area contributed by atoms with Crippen molar-refractivity contribution < 1.29 is 69.7 Å². The molecule has 2 aliphatic rings. The van der Waals surface area contributed by atoms with Crippen molar-refractivity contribution in [2.24, 2.45) is 0 Å².